The molecule has 190 valence electrons. The maximum Gasteiger partial charge on any atom is 0.222 e. The Bertz CT molecular complexity index is 1470. The molecule has 2 aliphatic heterocycles. The fourth-order valence-corrected chi connectivity index (χ4v) is 6.07. The first-order valence-electron chi connectivity index (χ1n) is 13.2. The molecule has 6 rings (SSSR count). The monoisotopic (exact) mass is 495 g/mol. The molecule has 1 unspecified atom stereocenters. The van der Waals surface area contributed by atoms with E-state index in [1.54, 1.807) is 6.20 Å². The molecule has 0 spiro atoms. The number of piperidine rings is 1. The number of aliphatic hydroxyl groups is 1. The summed E-state index contributed by atoms with van der Waals surface area (Å²) in [6, 6.07) is 16.4. The number of aromatic nitrogens is 3. The highest BCUT2D eigenvalue weighted by molar-refractivity contribution is 5.85. The maximum absolute atomic E-state index is 12.4. The van der Waals surface area contributed by atoms with Gasteiger partial charge < -0.3 is 15.7 Å². The van der Waals surface area contributed by atoms with Crippen molar-refractivity contribution in [1.29, 1.82) is 0 Å². The number of nitrogens with zero attached hydrogens (tertiary/aromatic N) is 4. The molecule has 2 fully saturated rings. The minimum Gasteiger partial charge on any atom is -0.382 e. The first-order valence-corrected chi connectivity index (χ1v) is 13.2. The van der Waals surface area contributed by atoms with E-state index in [0.29, 0.717) is 24.8 Å². The van der Waals surface area contributed by atoms with Gasteiger partial charge in [-0.15, -0.1) is 0 Å². The fourth-order valence-electron chi connectivity index (χ4n) is 6.07. The number of imidazole rings is 1. The smallest absolute Gasteiger partial charge is 0.222 e. The summed E-state index contributed by atoms with van der Waals surface area (Å²) in [5.41, 5.74) is 10.6. The zero-order valence-corrected chi connectivity index (χ0v) is 21.4. The van der Waals surface area contributed by atoms with Crippen molar-refractivity contribution in [3.63, 3.8) is 0 Å². The zero-order chi connectivity index (χ0) is 25.7. The Kier molecular flexibility index (Phi) is 5.75. The van der Waals surface area contributed by atoms with Gasteiger partial charge in [0.1, 0.15) is 28.5 Å². The Morgan fingerprint density at radius 1 is 1.11 bits per heavy atom. The standard InChI is InChI=1S/C30H33N5O2/c1-3-19-5-4-6-23(17-19)30(2,37)22-10-7-20(8-11-22)26-27-28(31)32-15-16-34(27)29(33-26)21-9-12-24-13-14-25(36)35(24)18-21/h4-8,10-11,15-17,21,24,37H,3,9,12-14,18H2,1-2H3,(H2,31,32)/t21-,24+,30?/m1/s1. The minimum absolute atomic E-state index is 0.146. The predicted octanol–water partition coefficient (Wildman–Crippen LogP) is 4.67. The number of nitrogens with two attached hydrogens (primary N) is 1. The van der Waals surface area contributed by atoms with E-state index in [9.17, 15) is 9.90 Å². The van der Waals surface area contributed by atoms with Crippen LogP contribution in [-0.4, -0.2) is 42.9 Å². The molecule has 7 heteroatoms. The highest BCUT2D eigenvalue weighted by atomic mass is 16.3. The number of fused-ring (bicyclic) bond motifs is 2. The third kappa shape index (κ3) is 3.98. The summed E-state index contributed by atoms with van der Waals surface area (Å²) >= 11 is 0. The van der Waals surface area contributed by atoms with E-state index in [0.717, 1.165) is 59.4 Å². The number of benzene rings is 2. The summed E-state index contributed by atoms with van der Waals surface area (Å²) in [5.74, 6) is 1.75. The van der Waals surface area contributed by atoms with E-state index in [1.807, 2.05) is 58.8 Å². The van der Waals surface area contributed by atoms with Crippen molar-refractivity contribution in [1.82, 2.24) is 19.3 Å². The number of hydrogen-bond acceptors (Lipinski definition) is 5. The van der Waals surface area contributed by atoms with Gasteiger partial charge >= 0.3 is 0 Å². The van der Waals surface area contributed by atoms with Crippen molar-refractivity contribution < 1.29 is 9.90 Å². The third-order valence-electron chi connectivity index (χ3n) is 8.31. The summed E-state index contributed by atoms with van der Waals surface area (Å²) in [5, 5.41) is 11.4. The largest absolute Gasteiger partial charge is 0.382 e. The maximum atomic E-state index is 12.4. The lowest BCUT2D eigenvalue weighted by molar-refractivity contribution is -0.130. The molecule has 2 aromatic carbocycles. The Morgan fingerprint density at radius 2 is 1.92 bits per heavy atom. The van der Waals surface area contributed by atoms with Crippen LogP contribution in [0, 0.1) is 0 Å². The Balaban J connectivity index is 1.37. The van der Waals surface area contributed by atoms with Crippen LogP contribution in [-0.2, 0) is 16.8 Å². The molecule has 2 aliphatic rings. The molecule has 3 N–H and O–H groups in total. The van der Waals surface area contributed by atoms with Crippen molar-refractivity contribution >= 4 is 17.2 Å². The first kappa shape index (κ1) is 23.7. The molecule has 0 bridgehead atoms. The van der Waals surface area contributed by atoms with Crippen LogP contribution in [0.25, 0.3) is 16.8 Å². The van der Waals surface area contributed by atoms with Gasteiger partial charge in [0.2, 0.25) is 5.91 Å². The third-order valence-corrected chi connectivity index (χ3v) is 8.31. The van der Waals surface area contributed by atoms with Crippen molar-refractivity contribution in [3.8, 4) is 11.3 Å². The van der Waals surface area contributed by atoms with Crippen molar-refractivity contribution in [2.75, 3.05) is 12.3 Å². The van der Waals surface area contributed by atoms with Crippen LogP contribution in [0.3, 0.4) is 0 Å². The summed E-state index contributed by atoms with van der Waals surface area (Å²) in [4.78, 5) is 23.9. The lowest BCUT2D eigenvalue weighted by Gasteiger charge is -2.34. The molecule has 0 saturated carbocycles. The van der Waals surface area contributed by atoms with Gasteiger partial charge in [0.25, 0.3) is 0 Å². The molecule has 4 aromatic rings. The van der Waals surface area contributed by atoms with Gasteiger partial charge in [-0.3, -0.25) is 9.20 Å². The molecule has 3 atom stereocenters. The lowest BCUT2D eigenvalue weighted by Crippen LogP contribution is -2.41. The van der Waals surface area contributed by atoms with E-state index in [1.165, 1.54) is 5.56 Å². The molecule has 2 aromatic heterocycles. The van der Waals surface area contributed by atoms with Crippen molar-refractivity contribution in [2.24, 2.45) is 0 Å². The SMILES string of the molecule is CCc1cccc(C(C)(O)c2ccc(-c3nc([C@@H]4CC[C@H]5CCC(=O)N5C4)n4ccnc(N)c34)cc2)c1. The summed E-state index contributed by atoms with van der Waals surface area (Å²) in [6.45, 7) is 4.64. The zero-order valence-electron chi connectivity index (χ0n) is 21.4. The van der Waals surface area contributed by atoms with Gasteiger partial charge in [-0.2, -0.15) is 0 Å². The van der Waals surface area contributed by atoms with Crippen LogP contribution < -0.4 is 5.73 Å². The topological polar surface area (TPSA) is 96.8 Å². The van der Waals surface area contributed by atoms with Crippen LogP contribution in [0.15, 0.2) is 60.9 Å². The molecule has 1 amide bonds. The number of rotatable bonds is 5. The van der Waals surface area contributed by atoms with Gasteiger partial charge in [-0.05, 0) is 49.3 Å². The number of amides is 1. The second kappa shape index (κ2) is 8.99. The highest BCUT2D eigenvalue weighted by Crippen LogP contribution is 2.38. The Hall–Kier alpha value is -3.71. The van der Waals surface area contributed by atoms with E-state index >= 15 is 0 Å². The molecule has 0 aliphatic carbocycles. The summed E-state index contributed by atoms with van der Waals surface area (Å²) < 4.78 is 2.05. The van der Waals surface area contributed by atoms with E-state index in [2.05, 4.69) is 24.0 Å². The minimum atomic E-state index is -1.12. The number of carbonyl (C=O) groups excluding carboxylic acids is 1. The molecule has 4 heterocycles. The van der Waals surface area contributed by atoms with Gasteiger partial charge in [-0.25, -0.2) is 9.97 Å². The molecular formula is C30H33N5O2. The van der Waals surface area contributed by atoms with E-state index in [-0.39, 0.29) is 11.8 Å². The second-order valence-corrected chi connectivity index (χ2v) is 10.6. The van der Waals surface area contributed by atoms with Crippen LogP contribution in [0.1, 0.15) is 68.0 Å². The number of hydrogen-bond donors (Lipinski definition) is 2. The Morgan fingerprint density at radius 3 is 2.70 bits per heavy atom. The highest BCUT2D eigenvalue weighted by Gasteiger charge is 2.38. The van der Waals surface area contributed by atoms with E-state index < -0.39 is 5.60 Å². The van der Waals surface area contributed by atoms with Crippen LogP contribution in [0.4, 0.5) is 5.82 Å². The number of carbonyl (C=O) groups is 1. The average Bonchev–Trinajstić information content (AvgIpc) is 3.50. The van der Waals surface area contributed by atoms with Crippen molar-refractivity contribution in [3.05, 3.63) is 83.4 Å². The van der Waals surface area contributed by atoms with Crippen LogP contribution >= 0.6 is 0 Å². The normalized spacial score (nSPS) is 21.3. The average molecular weight is 496 g/mol. The predicted molar refractivity (Wildman–Crippen MR) is 144 cm³/mol. The van der Waals surface area contributed by atoms with Gasteiger partial charge in [0.05, 0.1) is 0 Å². The Labute approximate surface area is 217 Å². The number of nitrogen functional groups attached to an aromatic ring is 1. The van der Waals surface area contributed by atoms with E-state index in [4.69, 9.17) is 10.7 Å². The molecule has 7 nitrogen and oxygen atoms in total. The first-order chi connectivity index (χ1) is 17.9. The van der Waals surface area contributed by atoms with Crippen LogP contribution in [0.2, 0.25) is 0 Å². The summed E-state index contributed by atoms with van der Waals surface area (Å²) in [7, 11) is 0. The van der Waals surface area contributed by atoms with Crippen molar-refractivity contribution in [2.45, 2.75) is 63.5 Å². The molecular weight excluding hydrogens is 462 g/mol. The second-order valence-electron chi connectivity index (χ2n) is 10.6. The molecule has 37 heavy (non-hydrogen) atoms. The molecule has 0 radical (unpaired) electrons. The quantitative estimate of drug-likeness (QED) is 0.420. The van der Waals surface area contributed by atoms with Crippen LogP contribution in [0.5, 0.6) is 0 Å². The fraction of sp³-hybridized carbons (Fsp3) is 0.367. The lowest BCUT2D eigenvalue weighted by atomic mass is 9.86. The summed E-state index contributed by atoms with van der Waals surface area (Å²) in [6.07, 6.45) is 8.15. The van der Waals surface area contributed by atoms with Gasteiger partial charge in [-0.1, -0.05) is 55.5 Å². The molecule has 2 saturated heterocycles. The van der Waals surface area contributed by atoms with Gasteiger partial charge in [0, 0.05) is 42.9 Å². The number of aryl methyl sites for hydroxylation is 1. The van der Waals surface area contributed by atoms with Gasteiger partial charge in [0.15, 0.2) is 0 Å². The number of anilines is 1.